The van der Waals surface area contributed by atoms with E-state index in [4.69, 9.17) is 21.1 Å². The number of carbonyl (C=O) groups excluding carboxylic acids is 2. The van der Waals surface area contributed by atoms with Gasteiger partial charge in [0.15, 0.2) is 11.5 Å². The van der Waals surface area contributed by atoms with Gasteiger partial charge in [-0.25, -0.2) is 14.1 Å². The maximum atomic E-state index is 13.1. The van der Waals surface area contributed by atoms with Crippen molar-refractivity contribution in [2.75, 3.05) is 12.0 Å². The van der Waals surface area contributed by atoms with E-state index in [1.807, 2.05) is 0 Å². The van der Waals surface area contributed by atoms with Crippen molar-refractivity contribution >= 4 is 51.2 Å². The molecule has 0 radical (unpaired) electrons. The Morgan fingerprint density at radius 1 is 1.09 bits per heavy atom. The van der Waals surface area contributed by atoms with Crippen molar-refractivity contribution < 1.29 is 23.5 Å². The Kier molecular flexibility index (Phi) is 6.67. The molecule has 0 aromatic heterocycles. The third kappa shape index (κ3) is 5.02. The summed E-state index contributed by atoms with van der Waals surface area (Å²) in [5.74, 6) is 0.0533. The normalized spacial score (nSPS) is 14.5. The molecule has 3 aromatic carbocycles. The first-order valence-corrected chi connectivity index (χ1v) is 10.9. The minimum Gasteiger partial charge on any atom is -0.493 e. The van der Waals surface area contributed by atoms with Gasteiger partial charge in [-0.1, -0.05) is 45.7 Å². The van der Waals surface area contributed by atoms with E-state index in [9.17, 15) is 14.0 Å². The predicted molar refractivity (Wildman–Crippen MR) is 127 cm³/mol. The molecule has 3 aromatic rings. The predicted octanol–water partition coefficient (Wildman–Crippen LogP) is 5.93. The van der Waals surface area contributed by atoms with Crippen molar-refractivity contribution in [3.05, 3.63) is 92.8 Å². The Morgan fingerprint density at radius 3 is 2.55 bits per heavy atom. The molecule has 1 aliphatic heterocycles. The van der Waals surface area contributed by atoms with Crippen LogP contribution >= 0.6 is 27.5 Å². The highest BCUT2D eigenvalue weighted by atomic mass is 79.9. The lowest BCUT2D eigenvalue weighted by Crippen LogP contribution is -2.30. The highest BCUT2D eigenvalue weighted by Crippen LogP contribution is 2.35. The van der Waals surface area contributed by atoms with Crippen LogP contribution in [0.1, 0.15) is 11.1 Å². The molecule has 9 heteroatoms. The molecule has 168 valence electrons. The first kappa shape index (κ1) is 22.8. The van der Waals surface area contributed by atoms with E-state index in [1.165, 1.54) is 25.3 Å². The molecule has 1 N–H and O–H groups in total. The summed E-state index contributed by atoms with van der Waals surface area (Å²) in [6.45, 7) is 0.215. The number of halogens is 3. The average molecular weight is 532 g/mol. The summed E-state index contributed by atoms with van der Waals surface area (Å²) in [6, 6.07) is 15.3. The summed E-state index contributed by atoms with van der Waals surface area (Å²) >= 11 is 9.47. The van der Waals surface area contributed by atoms with Crippen molar-refractivity contribution in [3.63, 3.8) is 0 Å². The third-order valence-corrected chi connectivity index (χ3v) is 5.76. The van der Waals surface area contributed by atoms with Crippen molar-refractivity contribution in [2.45, 2.75) is 6.61 Å². The van der Waals surface area contributed by atoms with Crippen molar-refractivity contribution in [2.24, 2.45) is 0 Å². The van der Waals surface area contributed by atoms with E-state index in [0.29, 0.717) is 32.2 Å². The van der Waals surface area contributed by atoms with Gasteiger partial charge in [-0.05, 0) is 59.7 Å². The lowest BCUT2D eigenvalue weighted by atomic mass is 10.1. The van der Waals surface area contributed by atoms with Crippen LogP contribution in [0.5, 0.6) is 11.5 Å². The molecule has 1 saturated heterocycles. The molecule has 3 amide bonds. The number of ether oxygens (including phenoxy) is 2. The fourth-order valence-corrected chi connectivity index (χ4v) is 3.84. The smallest absolute Gasteiger partial charge is 0.333 e. The Morgan fingerprint density at radius 2 is 1.85 bits per heavy atom. The lowest BCUT2D eigenvalue weighted by molar-refractivity contribution is -0.113. The highest BCUT2D eigenvalue weighted by molar-refractivity contribution is 9.10. The van der Waals surface area contributed by atoms with Gasteiger partial charge in [0.05, 0.1) is 12.8 Å². The molecule has 1 heterocycles. The number of amides is 3. The topological polar surface area (TPSA) is 67.9 Å². The van der Waals surface area contributed by atoms with Gasteiger partial charge >= 0.3 is 6.03 Å². The summed E-state index contributed by atoms with van der Waals surface area (Å²) in [5, 5.41) is 2.99. The Labute approximate surface area is 202 Å². The molecular weight excluding hydrogens is 515 g/mol. The van der Waals surface area contributed by atoms with Gasteiger partial charge in [0.1, 0.15) is 18.1 Å². The minimum absolute atomic E-state index is 0.0997. The van der Waals surface area contributed by atoms with E-state index in [1.54, 1.807) is 48.5 Å². The number of nitrogens with one attached hydrogen (secondary N) is 1. The number of rotatable bonds is 6. The highest BCUT2D eigenvalue weighted by Gasteiger charge is 2.35. The zero-order chi connectivity index (χ0) is 23.5. The van der Waals surface area contributed by atoms with Crippen LogP contribution in [0.2, 0.25) is 5.02 Å². The zero-order valence-corrected chi connectivity index (χ0v) is 19.6. The van der Waals surface area contributed by atoms with Crippen LogP contribution in [0.4, 0.5) is 14.9 Å². The summed E-state index contributed by atoms with van der Waals surface area (Å²) in [5.41, 5.74) is 1.86. The molecule has 33 heavy (non-hydrogen) atoms. The summed E-state index contributed by atoms with van der Waals surface area (Å²) in [4.78, 5) is 26.3. The Balaban J connectivity index is 1.58. The van der Waals surface area contributed by atoms with Crippen molar-refractivity contribution in [1.82, 2.24) is 5.32 Å². The average Bonchev–Trinajstić information content (AvgIpc) is 3.07. The van der Waals surface area contributed by atoms with Gasteiger partial charge in [-0.3, -0.25) is 4.79 Å². The first-order valence-electron chi connectivity index (χ1n) is 9.73. The monoisotopic (exact) mass is 530 g/mol. The largest absolute Gasteiger partial charge is 0.493 e. The maximum absolute atomic E-state index is 13.1. The molecule has 0 saturated carbocycles. The van der Waals surface area contributed by atoms with Gasteiger partial charge in [0.2, 0.25) is 0 Å². The molecule has 0 bridgehead atoms. The van der Waals surface area contributed by atoms with Gasteiger partial charge < -0.3 is 14.8 Å². The second-order valence-corrected chi connectivity index (χ2v) is 8.34. The van der Waals surface area contributed by atoms with E-state index in [-0.39, 0.29) is 18.1 Å². The quantitative estimate of drug-likeness (QED) is 0.316. The van der Waals surface area contributed by atoms with Crippen LogP contribution in [-0.2, 0) is 11.4 Å². The molecule has 1 fully saturated rings. The second kappa shape index (κ2) is 9.64. The van der Waals surface area contributed by atoms with Gasteiger partial charge in [-0.2, -0.15) is 0 Å². The SMILES string of the molecule is COc1cc(/C=C2/NC(=O)N(c3cccc(Cl)c3)C2=O)c(Br)cc1OCc1ccc(F)cc1. The van der Waals surface area contributed by atoms with E-state index < -0.39 is 11.9 Å². The van der Waals surface area contributed by atoms with E-state index >= 15 is 0 Å². The number of hydrogen-bond acceptors (Lipinski definition) is 4. The van der Waals surface area contributed by atoms with Gasteiger partial charge in [0.25, 0.3) is 5.91 Å². The standard InChI is InChI=1S/C24H17BrClFN2O4/c1-32-21-10-15(19(25)12-22(21)33-13-14-5-7-17(27)8-6-14)9-20-23(30)29(24(31)28-20)18-4-2-3-16(26)11-18/h2-12H,13H2,1H3,(H,28,31)/b20-9+. The molecule has 4 rings (SSSR count). The van der Waals surface area contributed by atoms with Crippen LogP contribution < -0.4 is 19.7 Å². The van der Waals surface area contributed by atoms with Crippen molar-refractivity contribution in [1.29, 1.82) is 0 Å². The summed E-state index contributed by atoms with van der Waals surface area (Å²) in [6.07, 6.45) is 1.54. The fourth-order valence-electron chi connectivity index (χ4n) is 3.22. The minimum atomic E-state index is -0.573. The molecule has 1 aliphatic rings. The van der Waals surface area contributed by atoms with Gasteiger partial charge in [0, 0.05) is 9.50 Å². The zero-order valence-electron chi connectivity index (χ0n) is 17.3. The number of methoxy groups -OCH3 is 1. The Hall–Kier alpha value is -3.36. The van der Waals surface area contributed by atoms with Crippen LogP contribution in [-0.4, -0.2) is 19.0 Å². The number of urea groups is 1. The number of nitrogens with zero attached hydrogens (tertiary/aromatic N) is 1. The second-order valence-electron chi connectivity index (χ2n) is 7.05. The van der Waals surface area contributed by atoms with Crippen molar-refractivity contribution in [3.8, 4) is 11.5 Å². The maximum Gasteiger partial charge on any atom is 0.333 e. The molecular formula is C24H17BrClFN2O4. The first-order chi connectivity index (χ1) is 15.9. The summed E-state index contributed by atoms with van der Waals surface area (Å²) < 4.78 is 25.0. The molecule has 0 spiro atoms. The van der Waals surface area contributed by atoms with E-state index in [0.717, 1.165) is 10.5 Å². The number of carbonyl (C=O) groups is 2. The fraction of sp³-hybridized carbons (Fsp3) is 0.0833. The molecule has 0 atom stereocenters. The van der Waals surface area contributed by atoms with E-state index in [2.05, 4.69) is 21.2 Å². The Bertz CT molecular complexity index is 1260. The summed E-state index contributed by atoms with van der Waals surface area (Å²) in [7, 11) is 1.49. The number of anilines is 1. The number of benzene rings is 3. The number of hydrogen-bond donors (Lipinski definition) is 1. The lowest BCUT2D eigenvalue weighted by Gasteiger charge is -2.13. The van der Waals surface area contributed by atoms with Gasteiger partial charge in [-0.15, -0.1) is 0 Å². The number of imide groups is 1. The molecule has 6 nitrogen and oxygen atoms in total. The van der Waals surface area contributed by atoms with Crippen LogP contribution in [0, 0.1) is 5.82 Å². The van der Waals surface area contributed by atoms with Crippen LogP contribution in [0.3, 0.4) is 0 Å². The molecule has 0 unspecified atom stereocenters. The third-order valence-electron chi connectivity index (χ3n) is 4.83. The molecule has 0 aliphatic carbocycles. The van der Waals surface area contributed by atoms with Crippen LogP contribution in [0.25, 0.3) is 6.08 Å². The van der Waals surface area contributed by atoms with Crippen LogP contribution in [0.15, 0.2) is 70.8 Å².